The standard InChI is InChI=1S/C23H23ClF2N4O2/c1-14-10-27-19(22(31)5-6-29(3)4)9-21(14)30-12-17(24)23(7-15(30)2)32-13-20-18(26)8-16(25)11-28-20/h5-11H,12-13H2,1-4H3/b6-5+. The van der Waals surface area contributed by atoms with Gasteiger partial charge in [-0.1, -0.05) is 11.6 Å². The average Bonchev–Trinajstić information content (AvgIpc) is 2.73. The van der Waals surface area contributed by atoms with Gasteiger partial charge >= 0.3 is 0 Å². The SMILES string of the molecule is CC1=CC(OCc2ncc(F)cc2F)=C(Cl)CN1c1cc(C(=O)/C=C/N(C)C)ncc1C. The Balaban J connectivity index is 1.79. The fraction of sp³-hybridized carbons (Fsp3) is 0.261. The number of carbonyl (C=O) groups is 1. The highest BCUT2D eigenvalue weighted by molar-refractivity contribution is 6.30. The Labute approximate surface area is 190 Å². The number of pyridine rings is 2. The summed E-state index contributed by atoms with van der Waals surface area (Å²) in [4.78, 5) is 24.1. The van der Waals surface area contributed by atoms with Crippen LogP contribution in [0.3, 0.4) is 0 Å². The minimum absolute atomic E-state index is 0.0178. The van der Waals surface area contributed by atoms with Crippen LogP contribution in [-0.2, 0) is 11.3 Å². The van der Waals surface area contributed by atoms with Crippen molar-refractivity contribution in [2.75, 3.05) is 25.5 Å². The summed E-state index contributed by atoms with van der Waals surface area (Å²) in [6.07, 6.45) is 7.42. The van der Waals surface area contributed by atoms with Crippen molar-refractivity contribution < 1.29 is 18.3 Å². The summed E-state index contributed by atoms with van der Waals surface area (Å²) in [5.74, 6) is -1.37. The summed E-state index contributed by atoms with van der Waals surface area (Å²) in [7, 11) is 3.66. The highest BCUT2D eigenvalue weighted by Gasteiger charge is 2.22. The average molecular weight is 461 g/mol. The number of hydrogen-bond acceptors (Lipinski definition) is 6. The van der Waals surface area contributed by atoms with Crippen LogP contribution in [0.15, 0.2) is 59.4 Å². The minimum Gasteiger partial charge on any atom is -0.486 e. The van der Waals surface area contributed by atoms with Crippen LogP contribution in [0.5, 0.6) is 0 Å². The van der Waals surface area contributed by atoms with Gasteiger partial charge in [-0.25, -0.2) is 8.78 Å². The molecule has 3 heterocycles. The number of ether oxygens (including phenoxy) is 1. The Morgan fingerprint density at radius 3 is 2.69 bits per heavy atom. The van der Waals surface area contributed by atoms with Gasteiger partial charge in [-0.15, -0.1) is 0 Å². The normalized spacial score (nSPS) is 14.1. The summed E-state index contributed by atoms with van der Waals surface area (Å²) in [6, 6.07) is 2.48. The third-order valence-corrected chi connectivity index (χ3v) is 5.03. The number of anilines is 1. The number of halogens is 3. The molecule has 0 fully saturated rings. The van der Waals surface area contributed by atoms with Crippen LogP contribution in [0, 0.1) is 18.6 Å². The second-order valence-electron chi connectivity index (χ2n) is 7.51. The summed E-state index contributed by atoms with van der Waals surface area (Å²) in [5.41, 5.74) is 2.77. The van der Waals surface area contributed by atoms with Gasteiger partial charge in [-0.05, 0) is 25.5 Å². The molecule has 0 amide bonds. The lowest BCUT2D eigenvalue weighted by atomic mass is 10.1. The molecule has 0 bridgehead atoms. The van der Waals surface area contributed by atoms with Gasteiger partial charge in [0.1, 0.15) is 29.6 Å². The van der Waals surface area contributed by atoms with Gasteiger partial charge in [0.15, 0.2) is 5.82 Å². The van der Waals surface area contributed by atoms with Crippen LogP contribution < -0.4 is 4.90 Å². The van der Waals surface area contributed by atoms with Crippen molar-refractivity contribution in [2.24, 2.45) is 0 Å². The molecule has 1 aliphatic heterocycles. The quantitative estimate of drug-likeness (QED) is 0.440. The molecular weight excluding hydrogens is 438 g/mol. The Morgan fingerprint density at radius 2 is 2.00 bits per heavy atom. The minimum atomic E-state index is -0.784. The first kappa shape index (κ1) is 23.4. The van der Waals surface area contributed by atoms with Crippen molar-refractivity contribution in [3.8, 4) is 0 Å². The van der Waals surface area contributed by atoms with Gasteiger partial charge in [0, 0.05) is 56.1 Å². The van der Waals surface area contributed by atoms with E-state index in [1.54, 1.807) is 29.4 Å². The summed E-state index contributed by atoms with van der Waals surface area (Å²) in [6.45, 7) is 3.88. The van der Waals surface area contributed by atoms with Crippen LogP contribution in [-0.4, -0.2) is 41.3 Å². The zero-order valence-corrected chi connectivity index (χ0v) is 19.0. The van der Waals surface area contributed by atoms with E-state index in [1.807, 2.05) is 32.8 Å². The first-order valence-corrected chi connectivity index (χ1v) is 10.2. The number of nitrogens with zero attached hydrogens (tertiary/aromatic N) is 4. The number of ketones is 1. The molecule has 168 valence electrons. The molecule has 3 rings (SSSR count). The highest BCUT2D eigenvalue weighted by Crippen LogP contribution is 2.31. The van der Waals surface area contributed by atoms with Crippen molar-refractivity contribution >= 4 is 23.1 Å². The molecule has 0 unspecified atom stereocenters. The molecular formula is C23H23ClF2N4O2. The van der Waals surface area contributed by atoms with E-state index in [0.717, 1.165) is 29.2 Å². The van der Waals surface area contributed by atoms with Crippen LogP contribution in [0.2, 0.25) is 0 Å². The van der Waals surface area contributed by atoms with Gasteiger partial charge in [-0.3, -0.25) is 14.8 Å². The first-order valence-electron chi connectivity index (χ1n) is 9.78. The van der Waals surface area contributed by atoms with Gasteiger partial charge < -0.3 is 14.5 Å². The van der Waals surface area contributed by atoms with Crippen LogP contribution in [0.25, 0.3) is 0 Å². The molecule has 0 N–H and O–H groups in total. The fourth-order valence-electron chi connectivity index (χ4n) is 3.02. The second-order valence-corrected chi connectivity index (χ2v) is 7.97. The maximum atomic E-state index is 13.8. The molecule has 0 aliphatic carbocycles. The van der Waals surface area contributed by atoms with Crippen molar-refractivity contribution in [1.29, 1.82) is 0 Å². The fourth-order valence-corrected chi connectivity index (χ4v) is 3.25. The summed E-state index contributed by atoms with van der Waals surface area (Å²) >= 11 is 6.46. The van der Waals surface area contributed by atoms with E-state index in [0.29, 0.717) is 23.0 Å². The molecule has 0 saturated heterocycles. The molecule has 9 heteroatoms. The molecule has 32 heavy (non-hydrogen) atoms. The number of rotatable bonds is 7. The number of aromatic nitrogens is 2. The monoisotopic (exact) mass is 460 g/mol. The lowest BCUT2D eigenvalue weighted by Gasteiger charge is -2.31. The van der Waals surface area contributed by atoms with E-state index in [2.05, 4.69) is 9.97 Å². The second kappa shape index (κ2) is 9.91. The van der Waals surface area contributed by atoms with E-state index in [9.17, 15) is 13.6 Å². The molecule has 2 aromatic rings. The number of aryl methyl sites for hydroxylation is 1. The smallest absolute Gasteiger partial charge is 0.205 e. The van der Waals surface area contributed by atoms with Gasteiger partial charge in [0.05, 0.1) is 17.8 Å². The zero-order chi connectivity index (χ0) is 23.4. The molecule has 0 saturated carbocycles. The van der Waals surface area contributed by atoms with E-state index in [-0.39, 0.29) is 18.1 Å². The van der Waals surface area contributed by atoms with E-state index in [4.69, 9.17) is 16.3 Å². The Kier molecular flexibility index (Phi) is 7.25. The zero-order valence-electron chi connectivity index (χ0n) is 18.2. The Bertz CT molecular complexity index is 1130. The number of hydrogen-bond donors (Lipinski definition) is 0. The van der Waals surface area contributed by atoms with Gasteiger partial charge in [-0.2, -0.15) is 0 Å². The third kappa shape index (κ3) is 5.50. The van der Waals surface area contributed by atoms with Crippen LogP contribution in [0.4, 0.5) is 14.5 Å². The van der Waals surface area contributed by atoms with Crippen molar-refractivity contribution in [1.82, 2.24) is 14.9 Å². The van der Waals surface area contributed by atoms with Crippen molar-refractivity contribution in [2.45, 2.75) is 20.5 Å². The van der Waals surface area contributed by atoms with Gasteiger partial charge in [0.2, 0.25) is 5.78 Å². The summed E-state index contributed by atoms with van der Waals surface area (Å²) < 4.78 is 32.5. The lowest BCUT2D eigenvalue weighted by Crippen LogP contribution is -2.27. The first-order chi connectivity index (χ1) is 15.2. The van der Waals surface area contributed by atoms with Crippen molar-refractivity contribution in [3.05, 3.63) is 88.0 Å². The van der Waals surface area contributed by atoms with Gasteiger partial charge in [0.25, 0.3) is 0 Å². The molecule has 0 spiro atoms. The maximum absolute atomic E-state index is 13.8. The number of allylic oxidation sites excluding steroid dienone is 3. The van der Waals surface area contributed by atoms with E-state index in [1.165, 1.54) is 6.08 Å². The number of carbonyl (C=O) groups excluding carboxylic acids is 1. The molecule has 6 nitrogen and oxygen atoms in total. The highest BCUT2D eigenvalue weighted by atomic mass is 35.5. The lowest BCUT2D eigenvalue weighted by molar-refractivity contribution is 0.104. The molecule has 0 atom stereocenters. The summed E-state index contributed by atoms with van der Waals surface area (Å²) in [5, 5.41) is 0.398. The molecule has 1 aliphatic rings. The topological polar surface area (TPSA) is 58.6 Å². The molecule has 0 radical (unpaired) electrons. The van der Waals surface area contributed by atoms with E-state index >= 15 is 0 Å². The van der Waals surface area contributed by atoms with Crippen LogP contribution in [0.1, 0.15) is 28.7 Å². The molecule has 2 aromatic heterocycles. The Morgan fingerprint density at radius 1 is 1.25 bits per heavy atom. The molecule has 0 aromatic carbocycles. The predicted molar refractivity (Wildman–Crippen MR) is 119 cm³/mol. The van der Waals surface area contributed by atoms with Crippen LogP contribution >= 0.6 is 11.6 Å². The third-order valence-electron chi connectivity index (χ3n) is 4.72. The maximum Gasteiger partial charge on any atom is 0.205 e. The predicted octanol–water partition coefficient (Wildman–Crippen LogP) is 4.71. The largest absolute Gasteiger partial charge is 0.486 e. The van der Waals surface area contributed by atoms with Crippen molar-refractivity contribution in [3.63, 3.8) is 0 Å². The Hall–Kier alpha value is -3.26. The van der Waals surface area contributed by atoms with E-state index < -0.39 is 11.6 Å².